The number of anilines is 1. The van der Waals surface area contributed by atoms with Gasteiger partial charge in [-0.1, -0.05) is 24.6 Å². The van der Waals surface area contributed by atoms with Crippen LogP contribution >= 0.6 is 11.6 Å². The van der Waals surface area contributed by atoms with Crippen LogP contribution in [0.2, 0.25) is 5.02 Å². The first-order valence-electron chi connectivity index (χ1n) is 5.95. The lowest BCUT2D eigenvalue weighted by Crippen LogP contribution is -2.25. The van der Waals surface area contributed by atoms with Crippen LogP contribution in [0.4, 0.5) is 5.69 Å². The van der Waals surface area contributed by atoms with Gasteiger partial charge in [0.25, 0.3) is 0 Å². The Kier molecular flexibility index (Phi) is 3.72. The highest BCUT2D eigenvalue weighted by Crippen LogP contribution is 2.30. The van der Waals surface area contributed by atoms with Gasteiger partial charge >= 0.3 is 0 Å². The van der Waals surface area contributed by atoms with Crippen molar-refractivity contribution in [3.8, 4) is 0 Å². The molecule has 1 aromatic carbocycles. The summed E-state index contributed by atoms with van der Waals surface area (Å²) in [5.41, 5.74) is 7.60. The molecular formula is C13H19ClN2. The largest absolute Gasteiger partial charge is 0.399 e. The average molecular weight is 239 g/mol. The molecule has 2 rings (SSSR count). The van der Waals surface area contributed by atoms with E-state index in [0.29, 0.717) is 0 Å². The Labute approximate surface area is 102 Å². The average Bonchev–Trinajstić information content (AvgIpc) is 3.04. The van der Waals surface area contributed by atoms with Crippen molar-refractivity contribution >= 4 is 17.3 Å². The molecule has 1 aliphatic rings. The molecule has 0 aliphatic heterocycles. The van der Waals surface area contributed by atoms with E-state index >= 15 is 0 Å². The lowest BCUT2D eigenvalue weighted by atomic mass is 10.2. The van der Waals surface area contributed by atoms with Gasteiger partial charge < -0.3 is 5.73 Å². The number of nitrogen functional groups attached to an aromatic ring is 1. The highest BCUT2D eigenvalue weighted by molar-refractivity contribution is 6.31. The van der Waals surface area contributed by atoms with E-state index in [1.807, 2.05) is 18.2 Å². The summed E-state index contributed by atoms with van der Waals surface area (Å²) in [5, 5.41) is 0.786. The van der Waals surface area contributed by atoms with Crippen molar-refractivity contribution in [2.45, 2.75) is 26.3 Å². The van der Waals surface area contributed by atoms with E-state index in [9.17, 15) is 0 Å². The van der Waals surface area contributed by atoms with E-state index < -0.39 is 0 Å². The van der Waals surface area contributed by atoms with E-state index in [4.69, 9.17) is 17.3 Å². The number of nitrogens with zero attached hydrogens (tertiary/aromatic N) is 1. The fourth-order valence-electron chi connectivity index (χ4n) is 1.90. The molecule has 0 unspecified atom stereocenters. The van der Waals surface area contributed by atoms with E-state index in [1.165, 1.54) is 24.9 Å². The van der Waals surface area contributed by atoms with Crippen LogP contribution in [-0.2, 0) is 6.54 Å². The Morgan fingerprint density at radius 2 is 2.19 bits per heavy atom. The smallest absolute Gasteiger partial charge is 0.0471 e. The minimum Gasteiger partial charge on any atom is -0.399 e. The molecule has 88 valence electrons. The molecule has 1 aromatic rings. The van der Waals surface area contributed by atoms with Gasteiger partial charge in [0.15, 0.2) is 0 Å². The molecule has 1 saturated carbocycles. The topological polar surface area (TPSA) is 29.3 Å². The molecule has 0 heterocycles. The van der Waals surface area contributed by atoms with Crippen LogP contribution in [-0.4, -0.2) is 18.0 Å². The molecular weight excluding hydrogens is 220 g/mol. The zero-order valence-corrected chi connectivity index (χ0v) is 10.5. The van der Waals surface area contributed by atoms with Crippen LogP contribution in [0.25, 0.3) is 0 Å². The first kappa shape index (κ1) is 11.7. The van der Waals surface area contributed by atoms with Crippen LogP contribution in [0.3, 0.4) is 0 Å². The Bertz CT molecular complexity index is 361. The Morgan fingerprint density at radius 3 is 2.75 bits per heavy atom. The second kappa shape index (κ2) is 5.07. The highest BCUT2D eigenvalue weighted by atomic mass is 35.5. The van der Waals surface area contributed by atoms with Crippen LogP contribution in [0.15, 0.2) is 18.2 Å². The van der Waals surface area contributed by atoms with Crippen molar-refractivity contribution in [3.63, 3.8) is 0 Å². The van der Waals surface area contributed by atoms with Gasteiger partial charge in [-0.25, -0.2) is 0 Å². The minimum atomic E-state index is 0.735. The van der Waals surface area contributed by atoms with Crippen LogP contribution < -0.4 is 5.73 Å². The van der Waals surface area contributed by atoms with Crippen molar-refractivity contribution < 1.29 is 0 Å². The molecule has 2 N–H and O–H groups in total. The van der Waals surface area contributed by atoms with Crippen molar-refractivity contribution in [2.24, 2.45) is 5.92 Å². The van der Waals surface area contributed by atoms with Gasteiger partial charge in [-0.15, -0.1) is 0 Å². The van der Waals surface area contributed by atoms with Crippen LogP contribution in [0.1, 0.15) is 25.3 Å². The van der Waals surface area contributed by atoms with Crippen molar-refractivity contribution in [3.05, 3.63) is 28.8 Å². The molecule has 0 bridgehead atoms. The number of benzene rings is 1. The summed E-state index contributed by atoms with van der Waals surface area (Å²) in [4.78, 5) is 2.45. The van der Waals surface area contributed by atoms with Gasteiger partial charge in [0, 0.05) is 23.8 Å². The number of halogens is 1. The first-order chi connectivity index (χ1) is 7.69. The summed E-state index contributed by atoms with van der Waals surface area (Å²) in [5.74, 6) is 0.924. The second-order valence-corrected chi connectivity index (χ2v) is 5.03. The second-order valence-electron chi connectivity index (χ2n) is 4.62. The molecule has 1 fully saturated rings. The Hall–Kier alpha value is -0.730. The minimum absolute atomic E-state index is 0.735. The number of nitrogens with two attached hydrogens (primary N) is 1. The van der Waals surface area contributed by atoms with Gasteiger partial charge in [0.1, 0.15) is 0 Å². The van der Waals surface area contributed by atoms with Crippen LogP contribution in [0, 0.1) is 5.92 Å². The Morgan fingerprint density at radius 1 is 1.44 bits per heavy atom. The van der Waals surface area contributed by atoms with Crippen molar-refractivity contribution in [1.29, 1.82) is 0 Å². The molecule has 0 spiro atoms. The summed E-state index contributed by atoms with van der Waals surface area (Å²) in [7, 11) is 0. The van der Waals surface area contributed by atoms with E-state index in [2.05, 4.69) is 11.8 Å². The fourth-order valence-corrected chi connectivity index (χ4v) is 2.15. The lowest BCUT2D eigenvalue weighted by Gasteiger charge is -2.20. The fraction of sp³-hybridized carbons (Fsp3) is 0.538. The molecule has 1 aliphatic carbocycles. The quantitative estimate of drug-likeness (QED) is 0.799. The molecule has 0 atom stereocenters. The normalized spacial score (nSPS) is 15.7. The van der Waals surface area contributed by atoms with E-state index in [0.717, 1.165) is 29.7 Å². The third-order valence-corrected chi connectivity index (χ3v) is 3.48. The molecule has 3 heteroatoms. The summed E-state index contributed by atoms with van der Waals surface area (Å²) in [6, 6.07) is 5.79. The van der Waals surface area contributed by atoms with Gasteiger partial charge in [-0.05, 0) is 43.0 Å². The van der Waals surface area contributed by atoms with Gasteiger partial charge in [0.2, 0.25) is 0 Å². The summed E-state index contributed by atoms with van der Waals surface area (Å²) < 4.78 is 0. The van der Waals surface area contributed by atoms with Crippen molar-refractivity contribution in [1.82, 2.24) is 4.90 Å². The Balaban J connectivity index is 1.99. The molecule has 0 amide bonds. The van der Waals surface area contributed by atoms with E-state index in [1.54, 1.807) is 0 Å². The highest BCUT2D eigenvalue weighted by Gasteiger charge is 2.23. The first-order valence-corrected chi connectivity index (χ1v) is 6.33. The zero-order valence-electron chi connectivity index (χ0n) is 9.75. The standard InChI is InChI=1S/C13H19ClN2/c1-2-16(8-10-3-4-10)9-11-5-6-12(15)7-13(11)14/h5-7,10H,2-4,8-9,15H2,1H3. The van der Waals surface area contributed by atoms with Crippen molar-refractivity contribution in [2.75, 3.05) is 18.8 Å². The van der Waals surface area contributed by atoms with E-state index in [-0.39, 0.29) is 0 Å². The monoisotopic (exact) mass is 238 g/mol. The molecule has 2 nitrogen and oxygen atoms in total. The maximum absolute atomic E-state index is 6.18. The number of hydrogen-bond donors (Lipinski definition) is 1. The molecule has 0 saturated heterocycles. The zero-order chi connectivity index (χ0) is 11.5. The van der Waals surface area contributed by atoms with Gasteiger partial charge in [-0.3, -0.25) is 4.90 Å². The molecule has 0 aromatic heterocycles. The summed E-state index contributed by atoms with van der Waals surface area (Å²) in [6.45, 7) is 5.42. The number of hydrogen-bond acceptors (Lipinski definition) is 2. The lowest BCUT2D eigenvalue weighted by molar-refractivity contribution is 0.268. The SMILES string of the molecule is CCN(Cc1ccc(N)cc1Cl)CC1CC1. The summed E-state index contributed by atoms with van der Waals surface area (Å²) >= 11 is 6.18. The third kappa shape index (κ3) is 3.13. The maximum atomic E-state index is 6.18. The predicted octanol–water partition coefficient (Wildman–Crippen LogP) is 3.15. The van der Waals surface area contributed by atoms with Gasteiger partial charge in [0.05, 0.1) is 0 Å². The van der Waals surface area contributed by atoms with Gasteiger partial charge in [-0.2, -0.15) is 0 Å². The molecule has 16 heavy (non-hydrogen) atoms. The van der Waals surface area contributed by atoms with Crippen LogP contribution in [0.5, 0.6) is 0 Å². The third-order valence-electron chi connectivity index (χ3n) is 3.13. The maximum Gasteiger partial charge on any atom is 0.0471 e. The number of rotatable bonds is 5. The summed E-state index contributed by atoms with van der Waals surface area (Å²) in [6.07, 6.45) is 2.79. The predicted molar refractivity (Wildman–Crippen MR) is 69.5 cm³/mol. The molecule has 0 radical (unpaired) electrons.